The third kappa shape index (κ3) is 4.09. The van der Waals surface area contributed by atoms with Crippen molar-refractivity contribution in [3.05, 3.63) is 22.4 Å². The van der Waals surface area contributed by atoms with Gasteiger partial charge in [-0.25, -0.2) is 0 Å². The fraction of sp³-hybridized carbons (Fsp3) is 0.750. The lowest BCUT2D eigenvalue weighted by molar-refractivity contribution is -0.167. The average molecular weight is 365 g/mol. The predicted octanol–water partition coefficient (Wildman–Crippen LogP) is 3.81. The van der Waals surface area contributed by atoms with Gasteiger partial charge >= 0.3 is 0 Å². The molecule has 1 aromatic heterocycles. The molecule has 0 bridgehead atoms. The van der Waals surface area contributed by atoms with E-state index in [-0.39, 0.29) is 5.91 Å². The summed E-state index contributed by atoms with van der Waals surface area (Å²) in [7, 11) is 0. The van der Waals surface area contributed by atoms with E-state index in [1.54, 1.807) is 11.3 Å². The van der Waals surface area contributed by atoms with E-state index >= 15 is 0 Å². The largest absolute Gasteiger partial charge is 0.378 e. The van der Waals surface area contributed by atoms with Crippen LogP contribution in [0.4, 0.5) is 0 Å². The van der Waals surface area contributed by atoms with E-state index in [4.69, 9.17) is 4.74 Å². The Morgan fingerprint density at radius 2 is 2.20 bits per heavy atom. The maximum atomic E-state index is 12.5. The van der Waals surface area contributed by atoms with Gasteiger partial charge in [0.05, 0.1) is 19.2 Å². The van der Waals surface area contributed by atoms with Gasteiger partial charge in [0.15, 0.2) is 0 Å². The van der Waals surface area contributed by atoms with Crippen LogP contribution in [0.5, 0.6) is 0 Å². The molecule has 1 amide bonds. The molecule has 0 unspecified atom stereocenters. The molecule has 2 aliphatic carbocycles. The van der Waals surface area contributed by atoms with Gasteiger partial charge < -0.3 is 10.1 Å². The van der Waals surface area contributed by atoms with Gasteiger partial charge in [0.1, 0.15) is 0 Å². The number of hydrogen-bond acceptors (Lipinski definition) is 4. The van der Waals surface area contributed by atoms with Crippen LogP contribution < -0.4 is 5.32 Å². The van der Waals surface area contributed by atoms with E-state index in [0.717, 1.165) is 26.0 Å². The number of ether oxygens (including phenoxy) is 1. The van der Waals surface area contributed by atoms with Crippen molar-refractivity contribution in [1.29, 1.82) is 0 Å². The summed E-state index contributed by atoms with van der Waals surface area (Å²) in [6.07, 6.45) is 7.72. The summed E-state index contributed by atoms with van der Waals surface area (Å²) in [6.45, 7) is 7.26. The number of amides is 1. The second kappa shape index (κ2) is 8.65. The van der Waals surface area contributed by atoms with Crippen molar-refractivity contribution >= 4 is 17.2 Å². The number of rotatable bonds is 9. The van der Waals surface area contributed by atoms with Crippen molar-refractivity contribution in [2.24, 2.45) is 5.41 Å². The normalized spacial score (nSPS) is 24.6. The standard InChI is InChI=1S/C20H32N2O2S/c1-3-11-22(15-19(23)21-14-16-8-7-12-25-16)17-13-18(24-4-2)20(17)9-5-6-10-20/h7-8,12,17-18H,3-6,9-11,13-15H2,1-2H3,(H,21,23)/t17-,18+/m1/s1. The van der Waals surface area contributed by atoms with E-state index in [1.165, 1.54) is 30.6 Å². The summed E-state index contributed by atoms with van der Waals surface area (Å²) < 4.78 is 6.05. The van der Waals surface area contributed by atoms with Crippen LogP contribution in [0.15, 0.2) is 17.5 Å². The van der Waals surface area contributed by atoms with Gasteiger partial charge in [0.25, 0.3) is 0 Å². The molecule has 25 heavy (non-hydrogen) atoms. The van der Waals surface area contributed by atoms with Crippen molar-refractivity contribution in [1.82, 2.24) is 10.2 Å². The second-order valence-corrected chi connectivity index (χ2v) is 8.49. The molecular formula is C20H32N2O2S. The van der Waals surface area contributed by atoms with Crippen LogP contribution in [0.25, 0.3) is 0 Å². The summed E-state index contributed by atoms with van der Waals surface area (Å²) in [5.74, 6) is 0.148. The van der Waals surface area contributed by atoms with Crippen molar-refractivity contribution in [2.45, 2.75) is 71.1 Å². The quantitative estimate of drug-likeness (QED) is 0.724. The number of carbonyl (C=O) groups is 1. The summed E-state index contributed by atoms with van der Waals surface area (Å²) in [5.41, 5.74) is 0.305. The fourth-order valence-corrected chi connectivity index (χ4v) is 5.48. The Balaban J connectivity index is 1.59. The molecule has 1 spiro atoms. The van der Waals surface area contributed by atoms with Gasteiger partial charge in [0, 0.05) is 22.9 Å². The molecule has 140 valence electrons. The Kier molecular flexibility index (Phi) is 6.53. The van der Waals surface area contributed by atoms with E-state index in [1.807, 2.05) is 6.07 Å². The molecule has 4 nitrogen and oxygen atoms in total. The Morgan fingerprint density at radius 1 is 1.40 bits per heavy atom. The maximum Gasteiger partial charge on any atom is 0.234 e. The fourth-order valence-electron chi connectivity index (χ4n) is 4.83. The van der Waals surface area contributed by atoms with E-state index in [9.17, 15) is 4.79 Å². The van der Waals surface area contributed by atoms with Gasteiger partial charge in [-0.3, -0.25) is 9.69 Å². The summed E-state index contributed by atoms with van der Waals surface area (Å²) in [6, 6.07) is 4.61. The van der Waals surface area contributed by atoms with Crippen LogP contribution in [0.3, 0.4) is 0 Å². The van der Waals surface area contributed by atoms with E-state index < -0.39 is 0 Å². The molecule has 1 aromatic rings. The number of thiophene rings is 1. The zero-order valence-electron chi connectivity index (χ0n) is 15.6. The maximum absolute atomic E-state index is 12.5. The highest BCUT2D eigenvalue weighted by Gasteiger charge is 2.58. The Labute approximate surface area is 155 Å². The lowest BCUT2D eigenvalue weighted by Gasteiger charge is -2.57. The van der Waals surface area contributed by atoms with Crippen LogP contribution in [0.1, 0.15) is 57.2 Å². The first-order valence-corrected chi connectivity index (χ1v) is 10.7. The topological polar surface area (TPSA) is 41.6 Å². The molecule has 1 heterocycles. The second-order valence-electron chi connectivity index (χ2n) is 7.46. The number of hydrogen-bond donors (Lipinski definition) is 1. The van der Waals surface area contributed by atoms with Crippen LogP contribution in [-0.2, 0) is 16.1 Å². The zero-order valence-corrected chi connectivity index (χ0v) is 16.4. The average Bonchev–Trinajstić information content (AvgIpc) is 3.29. The Hall–Kier alpha value is -0.910. The molecule has 0 aromatic carbocycles. The van der Waals surface area contributed by atoms with Crippen LogP contribution in [0.2, 0.25) is 0 Å². The van der Waals surface area contributed by atoms with Gasteiger partial charge in [-0.1, -0.05) is 25.8 Å². The molecule has 0 saturated heterocycles. The number of nitrogens with zero attached hydrogens (tertiary/aromatic N) is 1. The first-order chi connectivity index (χ1) is 12.2. The van der Waals surface area contributed by atoms with E-state index in [0.29, 0.717) is 30.7 Å². The highest BCUT2D eigenvalue weighted by atomic mass is 32.1. The molecule has 5 heteroatoms. The molecular weight excluding hydrogens is 332 g/mol. The third-order valence-electron chi connectivity index (χ3n) is 5.98. The zero-order chi connectivity index (χ0) is 17.7. The lowest BCUT2D eigenvalue weighted by atomic mass is 9.60. The van der Waals surface area contributed by atoms with Crippen molar-refractivity contribution < 1.29 is 9.53 Å². The summed E-state index contributed by atoms with van der Waals surface area (Å²) >= 11 is 1.69. The number of carbonyl (C=O) groups excluding carboxylic acids is 1. The predicted molar refractivity (Wildman–Crippen MR) is 103 cm³/mol. The Bertz CT molecular complexity index is 540. The molecule has 2 fully saturated rings. The van der Waals surface area contributed by atoms with Crippen LogP contribution >= 0.6 is 11.3 Å². The SMILES string of the molecule is CCCN(CC(=O)NCc1cccs1)[C@@H]1C[C@H](OCC)C12CCCC2. The van der Waals surface area contributed by atoms with E-state index in [2.05, 4.69) is 35.5 Å². The monoisotopic (exact) mass is 364 g/mol. The smallest absolute Gasteiger partial charge is 0.234 e. The summed E-state index contributed by atoms with van der Waals surface area (Å²) in [5, 5.41) is 5.14. The van der Waals surface area contributed by atoms with Crippen molar-refractivity contribution in [3.8, 4) is 0 Å². The molecule has 2 atom stereocenters. The van der Waals surface area contributed by atoms with Gasteiger partial charge in [-0.2, -0.15) is 0 Å². The molecule has 0 radical (unpaired) electrons. The minimum atomic E-state index is 0.148. The minimum Gasteiger partial charge on any atom is -0.378 e. The highest BCUT2D eigenvalue weighted by molar-refractivity contribution is 7.09. The molecule has 3 rings (SSSR count). The van der Waals surface area contributed by atoms with Gasteiger partial charge in [-0.05, 0) is 50.6 Å². The van der Waals surface area contributed by atoms with Gasteiger partial charge in [0.2, 0.25) is 5.91 Å². The first-order valence-electron chi connectivity index (χ1n) is 9.84. The number of nitrogens with one attached hydrogen (secondary N) is 1. The van der Waals surface area contributed by atoms with Crippen molar-refractivity contribution in [2.75, 3.05) is 19.7 Å². The minimum absolute atomic E-state index is 0.148. The molecule has 0 aliphatic heterocycles. The highest BCUT2D eigenvalue weighted by Crippen LogP contribution is 2.56. The van der Waals surface area contributed by atoms with Crippen molar-refractivity contribution in [3.63, 3.8) is 0 Å². The molecule has 2 saturated carbocycles. The van der Waals surface area contributed by atoms with Crippen LogP contribution in [-0.4, -0.2) is 42.6 Å². The van der Waals surface area contributed by atoms with Crippen LogP contribution in [0, 0.1) is 5.41 Å². The first kappa shape index (κ1) is 18.9. The third-order valence-corrected chi connectivity index (χ3v) is 6.86. The summed E-state index contributed by atoms with van der Waals surface area (Å²) in [4.78, 5) is 16.1. The Morgan fingerprint density at radius 3 is 2.84 bits per heavy atom. The molecule has 1 N–H and O–H groups in total. The lowest BCUT2D eigenvalue weighted by Crippen LogP contribution is -2.64. The van der Waals surface area contributed by atoms with Gasteiger partial charge in [-0.15, -0.1) is 11.3 Å². The molecule has 2 aliphatic rings.